The fourth-order valence-electron chi connectivity index (χ4n) is 3.56. The summed E-state index contributed by atoms with van der Waals surface area (Å²) in [6, 6.07) is 15.8. The minimum Gasteiger partial charge on any atom is -0.496 e. The molecular weight excluding hydrogens is 623 g/mol. The van der Waals surface area contributed by atoms with E-state index in [0.29, 0.717) is 34.1 Å². The summed E-state index contributed by atoms with van der Waals surface area (Å²) in [7, 11) is -2.37. The number of halogens is 4. The number of carbonyl (C=O) groups excluding carboxylic acids is 1. The van der Waals surface area contributed by atoms with Crippen molar-refractivity contribution in [1.29, 1.82) is 0 Å². The summed E-state index contributed by atoms with van der Waals surface area (Å²) in [5, 5.41) is 15.3. The summed E-state index contributed by atoms with van der Waals surface area (Å²) in [4.78, 5) is 20.2. The lowest BCUT2D eigenvalue weighted by Gasteiger charge is -2.11. The zero-order valence-corrected chi connectivity index (χ0v) is 24.4. The Morgan fingerprint density at radius 2 is 1.81 bits per heavy atom. The maximum Gasteiger partial charge on any atom is 0.490 e. The zero-order chi connectivity index (χ0) is 31.2. The fourth-order valence-corrected chi connectivity index (χ4v) is 6.05. The summed E-state index contributed by atoms with van der Waals surface area (Å²) in [6.45, 7) is 2.57. The second-order valence-corrected chi connectivity index (χ2v) is 12.3. The van der Waals surface area contributed by atoms with Gasteiger partial charge in [-0.1, -0.05) is 41.9 Å². The van der Waals surface area contributed by atoms with Crippen LogP contribution >= 0.6 is 22.9 Å². The van der Waals surface area contributed by atoms with Crippen LogP contribution in [0.3, 0.4) is 0 Å². The van der Waals surface area contributed by atoms with Gasteiger partial charge in [-0.25, -0.2) is 13.2 Å². The van der Waals surface area contributed by atoms with Gasteiger partial charge in [-0.05, 0) is 42.3 Å². The Hall–Kier alpha value is -3.86. The average Bonchev–Trinajstić information content (AvgIpc) is 3.51. The van der Waals surface area contributed by atoms with Crippen LogP contribution in [0.1, 0.15) is 18.1 Å². The molecule has 1 atom stereocenters. The number of aliphatic carboxylic acids is 1. The van der Waals surface area contributed by atoms with Gasteiger partial charge in [0.2, 0.25) is 5.91 Å². The SMILES string of the molecule is COc1cccc2c1c(NS(=O)(=O)c1ccc(Cl)s1)nn2Cc1cccc(CN[C@H](C)C(N)=O)c1.O=C(O)C(F)(F)F. The molecule has 2 aromatic carbocycles. The van der Waals surface area contributed by atoms with E-state index in [1.54, 1.807) is 17.7 Å². The van der Waals surface area contributed by atoms with Crippen molar-refractivity contribution in [2.45, 2.75) is 36.4 Å². The average molecular weight is 648 g/mol. The number of nitrogens with two attached hydrogens (primary N) is 1. The molecule has 2 heterocycles. The highest BCUT2D eigenvalue weighted by atomic mass is 35.5. The number of amides is 1. The molecule has 5 N–H and O–H groups in total. The first-order valence-corrected chi connectivity index (χ1v) is 14.5. The Kier molecular flexibility index (Phi) is 10.4. The number of aromatic nitrogens is 2. The maximum atomic E-state index is 13.0. The minimum absolute atomic E-state index is 0.0884. The monoisotopic (exact) mass is 647 g/mol. The Bertz CT molecular complexity index is 1690. The second kappa shape index (κ2) is 13.4. The first-order valence-electron chi connectivity index (χ1n) is 11.8. The second-order valence-electron chi connectivity index (χ2n) is 8.65. The molecule has 0 fully saturated rings. The van der Waals surface area contributed by atoms with Gasteiger partial charge in [-0.3, -0.25) is 14.2 Å². The van der Waals surface area contributed by atoms with Gasteiger partial charge < -0.3 is 20.9 Å². The van der Waals surface area contributed by atoms with Gasteiger partial charge >= 0.3 is 12.1 Å². The summed E-state index contributed by atoms with van der Waals surface area (Å²) in [5.74, 6) is -2.52. The van der Waals surface area contributed by atoms with Crippen LogP contribution in [-0.2, 0) is 32.7 Å². The number of nitrogens with one attached hydrogen (secondary N) is 2. The highest BCUT2D eigenvalue weighted by Gasteiger charge is 2.38. The molecule has 1 amide bonds. The summed E-state index contributed by atoms with van der Waals surface area (Å²) >= 11 is 6.90. The van der Waals surface area contributed by atoms with E-state index in [-0.39, 0.29) is 10.0 Å². The largest absolute Gasteiger partial charge is 0.496 e. The normalized spacial score (nSPS) is 12.3. The van der Waals surface area contributed by atoms with E-state index >= 15 is 0 Å². The Balaban J connectivity index is 0.000000616. The van der Waals surface area contributed by atoms with Crippen LogP contribution in [0.25, 0.3) is 10.9 Å². The van der Waals surface area contributed by atoms with Crippen molar-refractivity contribution in [1.82, 2.24) is 15.1 Å². The number of rotatable bonds is 10. The molecule has 0 saturated carbocycles. The third kappa shape index (κ3) is 8.34. The van der Waals surface area contributed by atoms with Crippen LogP contribution in [0.2, 0.25) is 4.34 Å². The van der Waals surface area contributed by atoms with Crippen LogP contribution in [-0.4, -0.2) is 54.5 Å². The molecule has 0 spiro atoms. The van der Waals surface area contributed by atoms with Crippen molar-refractivity contribution < 1.29 is 41.0 Å². The number of methoxy groups -OCH3 is 1. The van der Waals surface area contributed by atoms with Crippen LogP contribution in [0.5, 0.6) is 5.75 Å². The topological polar surface area (TPSA) is 166 Å². The predicted octanol–water partition coefficient (Wildman–Crippen LogP) is 4.21. The molecule has 42 heavy (non-hydrogen) atoms. The molecule has 0 aliphatic carbocycles. The van der Waals surface area contributed by atoms with E-state index in [0.717, 1.165) is 22.5 Å². The zero-order valence-electron chi connectivity index (χ0n) is 22.0. The lowest BCUT2D eigenvalue weighted by atomic mass is 10.1. The van der Waals surface area contributed by atoms with Gasteiger partial charge in [0.25, 0.3) is 10.0 Å². The maximum absolute atomic E-state index is 13.0. The summed E-state index contributed by atoms with van der Waals surface area (Å²) in [5.41, 5.74) is 7.94. The number of hydrogen-bond acceptors (Lipinski definition) is 8. The van der Waals surface area contributed by atoms with E-state index in [1.165, 1.54) is 19.2 Å². The number of nitrogens with zero attached hydrogens (tertiary/aromatic N) is 2. The summed E-state index contributed by atoms with van der Waals surface area (Å²) < 4.78 is 67.9. The Labute approximate surface area is 247 Å². The standard InChI is InChI=1S/C23H24ClN5O4S2.C2HF3O2/c1-14(22(25)30)26-12-15-5-3-6-16(11-15)13-29-17-7-4-8-18(33-2)21(17)23(27-29)28-35(31,32)20-10-9-19(24)34-20;3-2(4,5)1(6)7/h3-11,14,26H,12-13H2,1-2H3,(H2,25,30)(H,27,28);(H,6,7)/t14-;/m1./s1. The highest BCUT2D eigenvalue weighted by Crippen LogP contribution is 2.35. The molecule has 4 aromatic rings. The first-order chi connectivity index (χ1) is 19.6. The van der Waals surface area contributed by atoms with Gasteiger partial charge in [-0.2, -0.15) is 18.3 Å². The Morgan fingerprint density at radius 1 is 1.17 bits per heavy atom. The number of anilines is 1. The van der Waals surface area contributed by atoms with E-state index in [1.807, 2.05) is 36.4 Å². The number of hydrogen-bond donors (Lipinski definition) is 4. The predicted molar refractivity (Wildman–Crippen MR) is 151 cm³/mol. The molecule has 0 unspecified atom stereocenters. The lowest BCUT2D eigenvalue weighted by Crippen LogP contribution is -2.38. The van der Waals surface area contributed by atoms with Crippen molar-refractivity contribution in [2.75, 3.05) is 11.8 Å². The van der Waals surface area contributed by atoms with Gasteiger partial charge in [-0.15, -0.1) is 11.3 Å². The number of fused-ring (bicyclic) bond motifs is 1. The van der Waals surface area contributed by atoms with Crippen LogP contribution < -0.4 is 20.5 Å². The number of carbonyl (C=O) groups is 2. The minimum atomic E-state index is -5.08. The lowest BCUT2D eigenvalue weighted by molar-refractivity contribution is -0.192. The Morgan fingerprint density at radius 3 is 2.38 bits per heavy atom. The van der Waals surface area contributed by atoms with Gasteiger partial charge in [0.1, 0.15) is 9.96 Å². The van der Waals surface area contributed by atoms with Crippen LogP contribution in [0, 0.1) is 0 Å². The quantitative estimate of drug-likeness (QED) is 0.199. The number of benzene rings is 2. The number of alkyl halides is 3. The van der Waals surface area contributed by atoms with E-state index in [9.17, 15) is 26.4 Å². The number of carboxylic acids is 1. The van der Waals surface area contributed by atoms with Crippen molar-refractivity contribution in [2.24, 2.45) is 5.73 Å². The number of primary amides is 1. The summed E-state index contributed by atoms with van der Waals surface area (Å²) in [6.07, 6.45) is -5.08. The highest BCUT2D eigenvalue weighted by molar-refractivity contribution is 7.94. The van der Waals surface area contributed by atoms with Crippen LogP contribution in [0.15, 0.2) is 58.8 Å². The van der Waals surface area contributed by atoms with Crippen molar-refractivity contribution >= 4 is 61.6 Å². The number of ether oxygens (including phenoxy) is 1. The van der Waals surface area contributed by atoms with Crippen molar-refractivity contribution in [3.8, 4) is 5.75 Å². The molecule has 0 bridgehead atoms. The van der Waals surface area contributed by atoms with E-state index in [2.05, 4.69) is 15.1 Å². The third-order valence-electron chi connectivity index (χ3n) is 5.61. The molecule has 0 radical (unpaired) electrons. The molecule has 2 aromatic heterocycles. The molecule has 226 valence electrons. The first kappa shape index (κ1) is 32.7. The van der Waals surface area contributed by atoms with E-state index in [4.69, 9.17) is 32.0 Å². The molecular formula is C25H25ClF3N5O6S2. The molecule has 17 heteroatoms. The van der Waals surface area contributed by atoms with Crippen molar-refractivity contribution in [3.63, 3.8) is 0 Å². The number of sulfonamides is 1. The molecule has 0 saturated heterocycles. The molecule has 4 rings (SSSR count). The number of carboxylic acid groups (broad SMARTS) is 1. The third-order valence-corrected chi connectivity index (χ3v) is 8.67. The van der Waals surface area contributed by atoms with Gasteiger partial charge in [0.15, 0.2) is 5.82 Å². The molecule has 0 aliphatic rings. The number of thiophene rings is 1. The van der Waals surface area contributed by atoms with Crippen LogP contribution in [0.4, 0.5) is 19.0 Å². The van der Waals surface area contributed by atoms with Crippen molar-refractivity contribution in [3.05, 3.63) is 70.1 Å². The molecule has 11 nitrogen and oxygen atoms in total. The smallest absolute Gasteiger partial charge is 0.490 e. The van der Waals surface area contributed by atoms with Gasteiger partial charge in [0, 0.05) is 6.54 Å². The molecule has 0 aliphatic heterocycles. The van der Waals surface area contributed by atoms with Gasteiger partial charge in [0.05, 0.1) is 34.9 Å². The fraction of sp³-hybridized carbons (Fsp3) is 0.240. The van der Waals surface area contributed by atoms with E-state index < -0.39 is 34.1 Å².